The number of halogens is 10. The molecule has 0 heterocycles. The summed E-state index contributed by atoms with van der Waals surface area (Å²) in [4.78, 5) is 0.713. The number of hydrogen-bond acceptors (Lipinski definition) is 3. The van der Waals surface area contributed by atoms with E-state index < -0.39 is 71.2 Å². The van der Waals surface area contributed by atoms with E-state index >= 15 is 0 Å². The summed E-state index contributed by atoms with van der Waals surface area (Å²) < 4.78 is 149. The van der Waals surface area contributed by atoms with Crippen molar-refractivity contribution in [3.8, 4) is 17.2 Å². The Morgan fingerprint density at radius 1 is 0.554 bits per heavy atom. The van der Waals surface area contributed by atoms with Gasteiger partial charge in [-0.3, -0.25) is 8.78 Å². The lowest BCUT2D eigenvalue weighted by Crippen LogP contribution is -2.97. The second kappa shape index (κ2) is 17.8. The molecule has 0 amide bonds. The molecule has 4 nitrogen and oxygen atoms in total. The topological polar surface area (TPSA) is 32.1 Å². The maximum atomic E-state index is 14.8. The third kappa shape index (κ3) is 8.90. The highest BCUT2D eigenvalue weighted by atomic mass is 19.2. The lowest BCUT2D eigenvalue weighted by Gasteiger charge is -2.24. The molecular formula is C41H26BF10NO3. The van der Waals surface area contributed by atoms with E-state index in [1.54, 1.807) is 36.4 Å². The van der Waals surface area contributed by atoms with Crippen LogP contribution < -0.4 is 18.9 Å². The van der Waals surface area contributed by atoms with Gasteiger partial charge in [0.2, 0.25) is 29.1 Å². The molecule has 0 aliphatic heterocycles. The van der Waals surface area contributed by atoms with Gasteiger partial charge in [0, 0.05) is 17.7 Å². The first-order valence-corrected chi connectivity index (χ1v) is 16.2. The Kier molecular flexibility index (Phi) is 12.9. The Labute approximate surface area is 314 Å². The number of benzene rings is 6. The van der Waals surface area contributed by atoms with Gasteiger partial charge in [0.15, 0.2) is 17.2 Å². The molecule has 56 heavy (non-hydrogen) atoms. The Morgan fingerprint density at radius 3 is 1.70 bits per heavy atom. The second-order valence-electron chi connectivity index (χ2n) is 11.5. The molecule has 6 rings (SSSR count). The third-order valence-electron chi connectivity index (χ3n) is 7.85. The summed E-state index contributed by atoms with van der Waals surface area (Å²) in [6.07, 6.45) is 3.13. The molecule has 0 aromatic heterocycles. The van der Waals surface area contributed by atoms with Crippen LogP contribution in [0.2, 0.25) is 0 Å². The highest BCUT2D eigenvalue weighted by Crippen LogP contribution is 2.34. The summed E-state index contributed by atoms with van der Waals surface area (Å²) >= 11 is 0. The summed E-state index contributed by atoms with van der Waals surface area (Å²) in [7, 11) is -2.04. The standard InChI is InChI=1S/C35H25BF5NO3.C6F5/c1-4-23-11-9-15-27(21-23)43-36(45-35-32(40)30(38)29(37)31(39)33(35)41)44-28-16-10-12-24(5-2)34(28)42(25-13-7-6-8-14-25)26-19-17-22(3)18-20-26;7-2-1-3(8)5(10)6(11)4(2)9/h4-21H,1-2H2,3H3;/q;-1/p+1. The highest BCUT2D eigenvalue weighted by molar-refractivity contribution is 6.39. The van der Waals surface area contributed by atoms with Crippen LogP contribution >= 0.6 is 0 Å². The van der Waals surface area contributed by atoms with Crippen LogP contribution in [-0.2, 0) is 0 Å². The van der Waals surface area contributed by atoms with Gasteiger partial charge >= 0.3 is 7.32 Å². The molecule has 6 aromatic rings. The van der Waals surface area contributed by atoms with Crippen LogP contribution in [0.1, 0.15) is 16.7 Å². The van der Waals surface area contributed by atoms with Gasteiger partial charge in [0.05, 0.1) is 29.1 Å². The van der Waals surface area contributed by atoms with E-state index in [0.29, 0.717) is 21.7 Å². The number of hydrogen-bond donors (Lipinski definition) is 1. The average molecular weight is 781 g/mol. The summed E-state index contributed by atoms with van der Waals surface area (Å²) in [6.45, 7) is 9.60. The van der Waals surface area contributed by atoms with Crippen molar-refractivity contribution in [1.82, 2.24) is 0 Å². The van der Waals surface area contributed by atoms with E-state index in [9.17, 15) is 43.9 Å². The number of para-hydroxylation sites is 2. The molecule has 0 saturated carbocycles. The Bertz CT molecular complexity index is 2320. The lowest BCUT2D eigenvalue weighted by atomic mass is 10.1. The monoisotopic (exact) mass is 781 g/mol. The maximum Gasteiger partial charge on any atom is 0.864 e. The Morgan fingerprint density at radius 2 is 1.11 bits per heavy atom. The molecule has 0 aliphatic carbocycles. The van der Waals surface area contributed by atoms with Gasteiger partial charge in [-0.2, -0.15) is 8.78 Å². The van der Waals surface area contributed by atoms with Crippen molar-refractivity contribution in [3.05, 3.63) is 191 Å². The first-order valence-electron chi connectivity index (χ1n) is 16.2. The molecule has 0 saturated heterocycles. The predicted molar refractivity (Wildman–Crippen MR) is 190 cm³/mol. The summed E-state index contributed by atoms with van der Waals surface area (Å²) in [5, 5.41) is 0. The van der Waals surface area contributed by atoms with E-state index in [-0.39, 0.29) is 11.5 Å². The molecule has 1 unspecified atom stereocenters. The minimum Gasteiger partial charge on any atom is -0.490 e. The van der Waals surface area contributed by atoms with E-state index in [2.05, 4.69) is 13.2 Å². The van der Waals surface area contributed by atoms with Gasteiger partial charge in [0.1, 0.15) is 17.1 Å². The third-order valence-corrected chi connectivity index (χ3v) is 7.85. The van der Waals surface area contributed by atoms with Crippen LogP contribution in [0.5, 0.6) is 17.2 Å². The van der Waals surface area contributed by atoms with Gasteiger partial charge in [-0.1, -0.05) is 79.4 Å². The molecule has 15 heteroatoms. The smallest absolute Gasteiger partial charge is 0.490 e. The van der Waals surface area contributed by atoms with Crippen molar-refractivity contribution in [1.29, 1.82) is 0 Å². The zero-order valence-electron chi connectivity index (χ0n) is 28.9. The Balaban J connectivity index is 0.000000470. The van der Waals surface area contributed by atoms with Gasteiger partial charge < -0.3 is 14.0 Å². The van der Waals surface area contributed by atoms with Crippen LogP contribution in [0, 0.1) is 71.2 Å². The van der Waals surface area contributed by atoms with Gasteiger partial charge in [0.25, 0.3) is 0 Å². The lowest BCUT2D eigenvalue weighted by molar-refractivity contribution is -0.681. The van der Waals surface area contributed by atoms with Crippen LogP contribution in [0.4, 0.5) is 61.0 Å². The zero-order valence-corrected chi connectivity index (χ0v) is 28.9. The fraction of sp³-hybridized carbons (Fsp3) is 0.0244. The summed E-state index contributed by atoms with van der Waals surface area (Å²) in [5.74, 6) is -22.4. The van der Waals surface area contributed by atoms with Crippen molar-refractivity contribution in [2.24, 2.45) is 0 Å². The van der Waals surface area contributed by atoms with Crippen molar-refractivity contribution in [2.75, 3.05) is 0 Å². The molecule has 1 atom stereocenters. The predicted octanol–water partition coefficient (Wildman–Crippen LogP) is 10.9. The molecule has 0 radical (unpaired) electrons. The SMILES string of the molecule is C=Cc1cccc(OB(Oc2cccc(C=C)c2[NH+](c2ccccc2)c2ccc(C)cc2)Oc2c(F)c(F)c(F)c(F)c2F)c1.Fc1[c-]c(F)c(F)c(F)c1F. The fourth-order valence-electron chi connectivity index (χ4n) is 5.15. The van der Waals surface area contributed by atoms with Gasteiger partial charge in [-0.05, 0) is 48.9 Å². The van der Waals surface area contributed by atoms with E-state index in [4.69, 9.17) is 14.0 Å². The molecule has 0 fully saturated rings. The number of quaternary nitrogens is 1. The fourth-order valence-corrected chi connectivity index (χ4v) is 5.15. The summed E-state index contributed by atoms with van der Waals surface area (Å²) in [5.41, 5.74) is 4.40. The van der Waals surface area contributed by atoms with Gasteiger partial charge in [-0.25, -0.2) is 31.2 Å². The van der Waals surface area contributed by atoms with Crippen molar-refractivity contribution < 1.29 is 62.8 Å². The van der Waals surface area contributed by atoms with Crippen LogP contribution in [0.3, 0.4) is 0 Å². The quantitative estimate of drug-likeness (QED) is 0.0467. The van der Waals surface area contributed by atoms with Crippen LogP contribution in [0.25, 0.3) is 12.2 Å². The van der Waals surface area contributed by atoms with E-state index in [0.717, 1.165) is 23.0 Å². The van der Waals surface area contributed by atoms with Crippen molar-refractivity contribution in [2.45, 2.75) is 6.92 Å². The molecule has 0 bridgehead atoms. The first kappa shape index (κ1) is 40.7. The first-order chi connectivity index (χ1) is 26.7. The van der Waals surface area contributed by atoms with E-state index in [1.807, 2.05) is 61.5 Å². The van der Waals surface area contributed by atoms with E-state index in [1.165, 1.54) is 18.2 Å². The van der Waals surface area contributed by atoms with Crippen molar-refractivity contribution in [3.63, 3.8) is 0 Å². The number of aryl methyl sites for hydroxylation is 1. The minimum absolute atomic E-state index is 0.105. The molecule has 6 aromatic carbocycles. The highest BCUT2D eigenvalue weighted by Gasteiger charge is 2.38. The minimum atomic E-state index is -2.32. The molecule has 1 N–H and O–H groups in total. The molecule has 286 valence electrons. The zero-order chi connectivity index (χ0) is 40.7. The largest absolute Gasteiger partial charge is 0.864 e. The van der Waals surface area contributed by atoms with Crippen LogP contribution in [0.15, 0.2) is 110 Å². The van der Waals surface area contributed by atoms with Crippen molar-refractivity contribution >= 4 is 36.5 Å². The Hall–Kier alpha value is -6.48. The molecular weight excluding hydrogens is 755 g/mol. The maximum absolute atomic E-state index is 14.8. The molecule has 0 aliphatic rings. The normalized spacial score (nSPS) is 11.2. The number of nitrogens with one attached hydrogen (secondary N) is 1. The second-order valence-corrected chi connectivity index (χ2v) is 11.5. The molecule has 0 spiro atoms. The average Bonchev–Trinajstić information content (AvgIpc) is 3.21. The van der Waals surface area contributed by atoms with Gasteiger partial charge in [-0.15, -0.1) is 6.07 Å². The summed E-state index contributed by atoms with van der Waals surface area (Å²) in [6, 6.07) is 29.6. The van der Waals surface area contributed by atoms with Crippen LogP contribution in [-0.4, -0.2) is 7.32 Å². The number of rotatable bonds is 11.